The van der Waals surface area contributed by atoms with Gasteiger partial charge in [-0.3, -0.25) is 9.80 Å². The van der Waals surface area contributed by atoms with E-state index in [1.54, 1.807) is 9.80 Å². The molecular formula is C20H54N2O10Ti. The second-order valence-corrected chi connectivity index (χ2v) is 7.18. The minimum atomic E-state index is 0. The Morgan fingerprint density at radius 1 is 0.424 bits per heavy atom. The normalized spacial score (nSPS) is 9.45. The Labute approximate surface area is 215 Å². The van der Waals surface area contributed by atoms with E-state index in [1.807, 2.05) is 27.7 Å². The zero-order valence-corrected chi connectivity index (χ0v) is 22.6. The Bertz CT molecular complexity index is 231. The summed E-state index contributed by atoms with van der Waals surface area (Å²) in [5, 5.41) is 67.2. The first-order chi connectivity index (χ1) is 14.2. The minimum Gasteiger partial charge on any atom is -0.412 e. The molecule has 0 amide bonds. The van der Waals surface area contributed by atoms with Gasteiger partial charge in [0.1, 0.15) is 0 Å². The Balaban J connectivity index is -0.0000000556. The summed E-state index contributed by atoms with van der Waals surface area (Å²) in [6, 6.07) is 0. The summed E-state index contributed by atoms with van der Waals surface area (Å²) >= 11 is 0. The van der Waals surface area contributed by atoms with Gasteiger partial charge in [-0.25, -0.2) is 0 Å². The van der Waals surface area contributed by atoms with Crippen LogP contribution in [0.4, 0.5) is 0 Å². The number of hydrogen-bond donors (Lipinski definition) is 8. The molecule has 208 valence electrons. The minimum absolute atomic E-state index is 0. The summed E-state index contributed by atoms with van der Waals surface area (Å²) in [7, 11) is 0. The molecule has 13 heteroatoms. The van der Waals surface area contributed by atoms with Crippen molar-refractivity contribution in [1.82, 2.24) is 9.80 Å². The van der Waals surface area contributed by atoms with E-state index in [0.29, 0.717) is 64.3 Å². The SMILES string of the molecule is CC(C)CO.CC(C)CO.O.O.OCCN(CCO)CCO.OCCN(CCO)CCO.[Ti]. The molecule has 0 aliphatic rings. The summed E-state index contributed by atoms with van der Waals surface area (Å²) in [5.74, 6) is 0.880. The van der Waals surface area contributed by atoms with E-state index in [4.69, 9.17) is 40.9 Å². The largest absolute Gasteiger partial charge is 0.412 e. The van der Waals surface area contributed by atoms with Gasteiger partial charge in [-0.1, -0.05) is 27.7 Å². The number of hydrogen-bond acceptors (Lipinski definition) is 10. The first kappa shape index (κ1) is 50.2. The molecule has 0 aliphatic heterocycles. The summed E-state index contributed by atoms with van der Waals surface area (Å²) < 4.78 is 0. The molecule has 0 saturated heterocycles. The quantitative estimate of drug-likeness (QED) is 0.102. The third-order valence-electron chi connectivity index (χ3n) is 3.23. The maximum absolute atomic E-state index is 8.48. The van der Waals surface area contributed by atoms with Crippen molar-refractivity contribution in [2.45, 2.75) is 27.7 Å². The number of nitrogens with zero attached hydrogens (tertiary/aromatic N) is 2. The first-order valence-electron chi connectivity index (χ1n) is 10.6. The molecule has 12 nitrogen and oxygen atoms in total. The molecular weight excluding hydrogens is 476 g/mol. The zero-order valence-electron chi connectivity index (χ0n) is 21.0. The Morgan fingerprint density at radius 2 is 0.545 bits per heavy atom. The van der Waals surface area contributed by atoms with Gasteiger partial charge in [-0.15, -0.1) is 0 Å². The van der Waals surface area contributed by atoms with Crippen LogP contribution in [0.2, 0.25) is 0 Å². The first-order valence-corrected chi connectivity index (χ1v) is 10.6. The molecule has 0 atom stereocenters. The molecule has 0 saturated carbocycles. The molecule has 0 bridgehead atoms. The van der Waals surface area contributed by atoms with Crippen molar-refractivity contribution in [3.8, 4) is 0 Å². The van der Waals surface area contributed by atoms with Crippen molar-refractivity contribution >= 4 is 0 Å². The molecule has 0 heterocycles. The van der Waals surface area contributed by atoms with Gasteiger partial charge in [-0.2, -0.15) is 0 Å². The topological polar surface area (TPSA) is 231 Å². The van der Waals surface area contributed by atoms with Gasteiger partial charge >= 0.3 is 0 Å². The van der Waals surface area contributed by atoms with Crippen LogP contribution in [0, 0.1) is 11.8 Å². The average Bonchev–Trinajstić information content (AvgIpc) is 2.70. The van der Waals surface area contributed by atoms with Gasteiger partial charge in [0.15, 0.2) is 0 Å². The molecule has 0 spiro atoms. The molecule has 0 aliphatic carbocycles. The fourth-order valence-electron chi connectivity index (χ4n) is 1.52. The van der Waals surface area contributed by atoms with E-state index in [0.717, 1.165) is 0 Å². The van der Waals surface area contributed by atoms with E-state index >= 15 is 0 Å². The predicted molar refractivity (Wildman–Crippen MR) is 126 cm³/mol. The molecule has 0 rings (SSSR count). The maximum atomic E-state index is 8.48. The van der Waals surface area contributed by atoms with Gasteiger partial charge in [0.05, 0.1) is 39.6 Å². The molecule has 0 unspecified atom stereocenters. The summed E-state index contributed by atoms with van der Waals surface area (Å²) in [5.41, 5.74) is 0. The van der Waals surface area contributed by atoms with Gasteiger partial charge in [0, 0.05) is 74.2 Å². The van der Waals surface area contributed by atoms with Crippen LogP contribution in [0.15, 0.2) is 0 Å². The number of aliphatic hydroxyl groups is 8. The average molecular weight is 531 g/mol. The Kier molecular flexibility index (Phi) is 69.5. The van der Waals surface area contributed by atoms with Gasteiger partial charge in [0.25, 0.3) is 0 Å². The second kappa shape index (κ2) is 45.7. The molecule has 0 radical (unpaired) electrons. The monoisotopic (exact) mass is 530 g/mol. The Hall–Kier alpha value is 0.234. The van der Waals surface area contributed by atoms with Crippen molar-refractivity contribution in [3.05, 3.63) is 0 Å². The van der Waals surface area contributed by atoms with Crippen LogP contribution in [0.1, 0.15) is 27.7 Å². The Morgan fingerprint density at radius 3 is 0.606 bits per heavy atom. The fraction of sp³-hybridized carbons (Fsp3) is 1.00. The van der Waals surface area contributed by atoms with Gasteiger partial charge < -0.3 is 51.8 Å². The van der Waals surface area contributed by atoms with Crippen molar-refractivity contribution in [2.24, 2.45) is 11.8 Å². The predicted octanol–water partition coefficient (Wildman–Crippen LogP) is -3.85. The van der Waals surface area contributed by atoms with E-state index in [-0.39, 0.29) is 72.3 Å². The molecule has 0 fully saturated rings. The zero-order chi connectivity index (χ0) is 24.2. The molecule has 12 N–H and O–H groups in total. The molecule has 33 heavy (non-hydrogen) atoms. The van der Waals surface area contributed by atoms with Crippen LogP contribution in [0.5, 0.6) is 0 Å². The van der Waals surface area contributed by atoms with Crippen molar-refractivity contribution in [3.63, 3.8) is 0 Å². The van der Waals surface area contributed by atoms with Crippen molar-refractivity contribution in [1.29, 1.82) is 0 Å². The summed E-state index contributed by atoms with van der Waals surface area (Å²) in [4.78, 5) is 3.58. The van der Waals surface area contributed by atoms with Gasteiger partial charge in [0.2, 0.25) is 0 Å². The van der Waals surface area contributed by atoms with Crippen LogP contribution in [-0.4, -0.2) is 154 Å². The van der Waals surface area contributed by atoms with Crippen LogP contribution >= 0.6 is 0 Å². The number of rotatable bonds is 14. The molecule has 0 aromatic rings. The van der Waals surface area contributed by atoms with Crippen LogP contribution < -0.4 is 0 Å². The summed E-state index contributed by atoms with van der Waals surface area (Å²) in [6.45, 7) is 12.0. The van der Waals surface area contributed by atoms with Crippen molar-refractivity contribution < 1.29 is 73.5 Å². The van der Waals surface area contributed by atoms with E-state index in [9.17, 15) is 0 Å². The third kappa shape index (κ3) is 59.6. The second-order valence-electron chi connectivity index (χ2n) is 7.18. The molecule has 0 aromatic carbocycles. The van der Waals surface area contributed by atoms with E-state index in [1.165, 1.54) is 0 Å². The van der Waals surface area contributed by atoms with Gasteiger partial charge in [-0.05, 0) is 11.8 Å². The number of aliphatic hydroxyl groups excluding tert-OH is 8. The van der Waals surface area contributed by atoms with Crippen LogP contribution in [-0.2, 0) is 21.7 Å². The summed E-state index contributed by atoms with van der Waals surface area (Å²) in [6.07, 6.45) is 0. The van der Waals surface area contributed by atoms with Crippen LogP contribution in [0.25, 0.3) is 0 Å². The third-order valence-corrected chi connectivity index (χ3v) is 3.23. The maximum Gasteiger partial charge on any atom is 0.0558 e. The fourth-order valence-corrected chi connectivity index (χ4v) is 1.52. The van der Waals surface area contributed by atoms with Crippen molar-refractivity contribution in [2.75, 3.05) is 92.1 Å². The molecule has 0 aromatic heterocycles. The van der Waals surface area contributed by atoms with E-state index in [2.05, 4.69) is 0 Å². The standard InChI is InChI=1S/2C6H15NO3.2C4H10O.2H2O.Ti/c2*8-4-1-7(2-5-9)3-6-10;2*1-4(2)3-5;;;/h2*8-10H,1-6H2;2*4-5H,3H2,1-2H3;2*1H2;. The smallest absolute Gasteiger partial charge is 0.0558 e. The van der Waals surface area contributed by atoms with E-state index < -0.39 is 0 Å². The van der Waals surface area contributed by atoms with Crippen LogP contribution in [0.3, 0.4) is 0 Å².